The van der Waals surface area contributed by atoms with Crippen molar-refractivity contribution in [3.63, 3.8) is 0 Å². The van der Waals surface area contributed by atoms with Crippen molar-refractivity contribution in [3.05, 3.63) is 50.9 Å². The summed E-state index contributed by atoms with van der Waals surface area (Å²) < 4.78 is 11.4. The number of rotatable bonds is 4. The zero-order valence-electron chi connectivity index (χ0n) is 13.2. The number of methoxy groups -OCH3 is 1. The molecule has 24 heavy (non-hydrogen) atoms. The van der Waals surface area contributed by atoms with Gasteiger partial charge in [-0.1, -0.05) is 0 Å². The van der Waals surface area contributed by atoms with Gasteiger partial charge < -0.3 is 19.4 Å². The van der Waals surface area contributed by atoms with Crippen LogP contribution >= 0.6 is 12.4 Å². The lowest BCUT2D eigenvalue weighted by molar-refractivity contribution is 0.373. The summed E-state index contributed by atoms with van der Waals surface area (Å²) in [7, 11) is 1.40. The van der Waals surface area contributed by atoms with Crippen molar-refractivity contribution in [1.29, 1.82) is 0 Å². The lowest BCUT2D eigenvalue weighted by atomic mass is 10.3. The second-order valence-corrected chi connectivity index (χ2v) is 5.23. The van der Waals surface area contributed by atoms with Gasteiger partial charge in [0.15, 0.2) is 0 Å². The molecule has 0 aromatic carbocycles. The molecule has 2 aromatic rings. The van der Waals surface area contributed by atoms with Gasteiger partial charge in [0.05, 0.1) is 19.0 Å². The third-order valence-corrected chi connectivity index (χ3v) is 3.72. The van der Waals surface area contributed by atoms with Gasteiger partial charge in [0.1, 0.15) is 18.6 Å². The molecule has 3 heterocycles. The molecule has 8 nitrogen and oxygen atoms in total. The van der Waals surface area contributed by atoms with Crippen molar-refractivity contribution in [2.24, 2.45) is 0 Å². The average molecular weight is 355 g/mol. The molecular formula is C15H19ClN4O4. The van der Waals surface area contributed by atoms with E-state index in [4.69, 9.17) is 9.15 Å². The molecule has 9 heteroatoms. The standard InChI is InChI=1S/C15H18N4O4.ClH/c1-22-14-10-23-12(7-13(14)20)9-19-15(21)6-11(8-17-19)18-4-2-16-3-5-18;/h6-8,10,16H,2-5,9H2,1H3;1H. The van der Waals surface area contributed by atoms with Crippen molar-refractivity contribution in [3.8, 4) is 5.75 Å². The molecule has 0 radical (unpaired) electrons. The number of aromatic nitrogens is 2. The third kappa shape index (κ3) is 3.95. The Bertz CT molecular complexity index is 799. The molecule has 3 rings (SSSR count). The Labute approximate surface area is 144 Å². The first kappa shape index (κ1) is 18.0. The molecule has 0 atom stereocenters. The Morgan fingerprint density at radius 1 is 1.29 bits per heavy atom. The van der Waals surface area contributed by atoms with E-state index in [1.165, 1.54) is 24.1 Å². The zero-order chi connectivity index (χ0) is 16.2. The van der Waals surface area contributed by atoms with E-state index in [0.29, 0.717) is 5.76 Å². The summed E-state index contributed by atoms with van der Waals surface area (Å²) in [5, 5.41) is 7.43. The Balaban J connectivity index is 0.00000208. The zero-order valence-corrected chi connectivity index (χ0v) is 14.0. The SMILES string of the molecule is COc1coc(Cn2ncc(N3CCNCC3)cc2=O)cc1=O.Cl. The summed E-state index contributed by atoms with van der Waals surface area (Å²) in [5.41, 5.74) is 0.280. The Morgan fingerprint density at radius 3 is 2.67 bits per heavy atom. The molecule has 1 aliphatic rings. The first-order valence-corrected chi connectivity index (χ1v) is 7.36. The summed E-state index contributed by atoms with van der Waals surface area (Å²) in [6.45, 7) is 3.57. The minimum Gasteiger partial charge on any atom is -0.490 e. The van der Waals surface area contributed by atoms with Gasteiger partial charge in [0.2, 0.25) is 11.2 Å². The van der Waals surface area contributed by atoms with Gasteiger partial charge in [-0.25, -0.2) is 4.68 Å². The average Bonchev–Trinajstić information content (AvgIpc) is 2.58. The molecule has 1 aliphatic heterocycles. The van der Waals surface area contributed by atoms with Crippen LogP contribution in [0.4, 0.5) is 5.69 Å². The number of halogens is 1. The van der Waals surface area contributed by atoms with E-state index < -0.39 is 0 Å². The molecule has 1 fully saturated rings. The molecular weight excluding hydrogens is 336 g/mol. The Hall–Kier alpha value is -2.32. The minimum atomic E-state index is -0.292. The van der Waals surface area contributed by atoms with Crippen LogP contribution in [-0.4, -0.2) is 43.1 Å². The number of ether oxygens (including phenoxy) is 1. The van der Waals surface area contributed by atoms with Gasteiger partial charge in [-0.15, -0.1) is 12.4 Å². The molecule has 1 saturated heterocycles. The maximum Gasteiger partial charge on any atom is 0.269 e. The van der Waals surface area contributed by atoms with E-state index in [9.17, 15) is 9.59 Å². The fourth-order valence-corrected chi connectivity index (χ4v) is 2.46. The van der Waals surface area contributed by atoms with Crippen LogP contribution in [0.15, 0.2) is 38.6 Å². The highest BCUT2D eigenvalue weighted by atomic mass is 35.5. The topological polar surface area (TPSA) is 89.6 Å². The first-order valence-electron chi connectivity index (χ1n) is 7.36. The van der Waals surface area contributed by atoms with Crippen LogP contribution in [-0.2, 0) is 6.54 Å². The minimum absolute atomic E-state index is 0. The van der Waals surface area contributed by atoms with Gasteiger partial charge >= 0.3 is 0 Å². The summed E-state index contributed by atoms with van der Waals surface area (Å²) in [4.78, 5) is 26.0. The van der Waals surface area contributed by atoms with Gasteiger partial charge in [0, 0.05) is 38.3 Å². The van der Waals surface area contributed by atoms with Crippen LogP contribution in [0, 0.1) is 0 Å². The second kappa shape index (κ2) is 7.98. The molecule has 1 N–H and O–H groups in total. The van der Waals surface area contributed by atoms with Crippen molar-refractivity contribution >= 4 is 18.1 Å². The monoisotopic (exact) mass is 354 g/mol. The molecule has 0 spiro atoms. The molecule has 0 unspecified atom stereocenters. The Kier molecular flexibility index (Phi) is 5.99. The van der Waals surface area contributed by atoms with Gasteiger partial charge in [0.25, 0.3) is 5.56 Å². The van der Waals surface area contributed by atoms with E-state index in [1.807, 2.05) is 0 Å². The molecule has 0 bridgehead atoms. The number of hydrogen-bond acceptors (Lipinski definition) is 7. The van der Waals surface area contributed by atoms with Gasteiger partial charge in [-0.05, 0) is 0 Å². The fraction of sp³-hybridized carbons (Fsp3) is 0.400. The lowest BCUT2D eigenvalue weighted by Gasteiger charge is -2.28. The van der Waals surface area contributed by atoms with Gasteiger partial charge in [-0.2, -0.15) is 5.10 Å². The van der Waals surface area contributed by atoms with Crippen molar-refractivity contribution in [2.75, 3.05) is 38.2 Å². The predicted molar refractivity (Wildman–Crippen MR) is 91.5 cm³/mol. The summed E-state index contributed by atoms with van der Waals surface area (Å²) in [6.07, 6.45) is 2.89. The van der Waals surface area contributed by atoms with Crippen LogP contribution < -0.4 is 25.9 Å². The van der Waals surface area contributed by atoms with Crippen molar-refractivity contribution < 1.29 is 9.15 Å². The maximum absolute atomic E-state index is 12.2. The van der Waals surface area contributed by atoms with Crippen molar-refractivity contribution in [1.82, 2.24) is 15.1 Å². The van der Waals surface area contributed by atoms with E-state index in [-0.39, 0.29) is 35.7 Å². The number of piperazine rings is 1. The summed E-state index contributed by atoms with van der Waals surface area (Å²) in [6, 6.07) is 2.86. The van der Waals surface area contributed by atoms with Crippen LogP contribution in [0.25, 0.3) is 0 Å². The third-order valence-electron chi connectivity index (χ3n) is 3.72. The van der Waals surface area contributed by atoms with Crippen LogP contribution in [0.1, 0.15) is 5.76 Å². The number of hydrogen-bond donors (Lipinski definition) is 1. The highest BCUT2D eigenvalue weighted by Crippen LogP contribution is 2.10. The normalized spacial score (nSPS) is 14.1. The fourth-order valence-electron chi connectivity index (χ4n) is 2.46. The highest BCUT2D eigenvalue weighted by Gasteiger charge is 2.12. The van der Waals surface area contributed by atoms with E-state index in [1.54, 1.807) is 12.3 Å². The van der Waals surface area contributed by atoms with Gasteiger partial charge in [-0.3, -0.25) is 9.59 Å². The molecule has 2 aromatic heterocycles. The summed E-state index contributed by atoms with van der Waals surface area (Å²) >= 11 is 0. The number of nitrogens with zero attached hydrogens (tertiary/aromatic N) is 3. The Morgan fingerprint density at radius 2 is 2.04 bits per heavy atom. The van der Waals surface area contributed by atoms with Crippen LogP contribution in [0.3, 0.4) is 0 Å². The molecule has 0 aliphatic carbocycles. The van der Waals surface area contributed by atoms with E-state index in [2.05, 4.69) is 15.3 Å². The van der Waals surface area contributed by atoms with Crippen LogP contribution in [0.2, 0.25) is 0 Å². The highest BCUT2D eigenvalue weighted by molar-refractivity contribution is 5.85. The van der Waals surface area contributed by atoms with E-state index >= 15 is 0 Å². The smallest absolute Gasteiger partial charge is 0.269 e. The molecule has 0 amide bonds. The van der Waals surface area contributed by atoms with Crippen LogP contribution in [0.5, 0.6) is 5.75 Å². The number of anilines is 1. The predicted octanol–water partition coefficient (Wildman–Crippen LogP) is 0.0848. The molecule has 0 saturated carbocycles. The maximum atomic E-state index is 12.2. The van der Waals surface area contributed by atoms with E-state index in [0.717, 1.165) is 31.9 Å². The quantitative estimate of drug-likeness (QED) is 0.831. The first-order chi connectivity index (χ1) is 11.2. The molecule has 130 valence electrons. The van der Waals surface area contributed by atoms with Crippen molar-refractivity contribution in [2.45, 2.75) is 6.54 Å². The lowest BCUT2D eigenvalue weighted by Crippen LogP contribution is -2.44. The largest absolute Gasteiger partial charge is 0.490 e. The number of nitrogens with one attached hydrogen (secondary N) is 1. The second-order valence-electron chi connectivity index (χ2n) is 5.23. The summed E-state index contributed by atoms with van der Waals surface area (Å²) in [5.74, 6) is 0.475.